The molecule has 0 aliphatic carbocycles. The van der Waals surface area contributed by atoms with Gasteiger partial charge in [0.25, 0.3) is 11.1 Å². The minimum Gasteiger partial charge on any atom is -0.504 e. The number of methoxy groups -OCH3 is 1. The zero-order valence-electron chi connectivity index (χ0n) is 10.1. The molecule has 1 aliphatic rings. The highest BCUT2D eigenvalue weighted by molar-refractivity contribution is 14.1. The summed E-state index contributed by atoms with van der Waals surface area (Å²) in [6.07, 6.45) is 1.49. The fraction of sp³-hybridized carbons (Fsp3) is 0.167. The number of carbonyl (C=O) groups excluding carboxylic acids is 2. The van der Waals surface area contributed by atoms with Gasteiger partial charge in [0, 0.05) is 16.2 Å². The van der Waals surface area contributed by atoms with Gasteiger partial charge in [0.1, 0.15) is 0 Å². The second-order valence-electron chi connectivity index (χ2n) is 3.79. The number of phenols is 1. The van der Waals surface area contributed by atoms with E-state index in [1.54, 1.807) is 12.1 Å². The first-order valence-corrected chi connectivity index (χ1v) is 7.11. The molecule has 0 aromatic heterocycles. The van der Waals surface area contributed by atoms with E-state index in [2.05, 4.69) is 22.6 Å². The predicted octanol–water partition coefficient (Wildman–Crippen LogP) is 2.67. The predicted molar refractivity (Wildman–Crippen MR) is 81.1 cm³/mol. The van der Waals surface area contributed by atoms with Crippen LogP contribution in [0.5, 0.6) is 11.5 Å². The molecule has 1 aromatic carbocycles. The molecule has 1 aliphatic heterocycles. The van der Waals surface area contributed by atoms with Gasteiger partial charge in [-0.15, -0.1) is 0 Å². The molecule has 1 heterocycles. The van der Waals surface area contributed by atoms with Gasteiger partial charge in [0.2, 0.25) is 0 Å². The summed E-state index contributed by atoms with van der Waals surface area (Å²) in [5.41, 5.74) is 0.447. The highest BCUT2D eigenvalue weighted by Crippen LogP contribution is 2.37. The minimum atomic E-state index is -0.368. The van der Waals surface area contributed by atoms with E-state index in [0.29, 0.717) is 11.3 Å². The van der Waals surface area contributed by atoms with Gasteiger partial charge >= 0.3 is 0 Å². The first-order chi connectivity index (χ1) is 8.93. The summed E-state index contributed by atoms with van der Waals surface area (Å²) in [6, 6.07) is 3.39. The molecule has 1 saturated heterocycles. The average Bonchev–Trinajstić information content (AvgIpc) is 2.61. The van der Waals surface area contributed by atoms with Crippen molar-refractivity contribution in [2.45, 2.75) is 0 Å². The SMILES string of the molecule is COc1cc(I)cc(/C=C2\SC(=O)N(C)C2=O)c1O. The summed E-state index contributed by atoms with van der Waals surface area (Å²) in [5.74, 6) is -0.0908. The molecule has 0 bridgehead atoms. The van der Waals surface area contributed by atoms with Gasteiger partial charge in [0.05, 0.1) is 12.0 Å². The van der Waals surface area contributed by atoms with Crippen molar-refractivity contribution in [1.82, 2.24) is 4.90 Å². The summed E-state index contributed by atoms with van der Waals surface area (Å²) < 4.78 is 5.90. The van der Waals surface area contributed by atoms with Crippen molar-refractivity contribution in [2.24, 2.45) is 0 Å². The number of halogens is 1. The van der Waals surface area contributed by atoms with Crippen LogP contribution in [-0.2, 0) is 4.79 Å². The molecule has 0 unspecified atom stereocenters. The Balaban J connectivity index is 2.47. The van der Waals surface area contributed by atoms with E-state index in [1.807, 2.05) is 0 Å². The number of benzene rings is 1. The minimum absolute atomic E-state index is 0.0502. The molecule has 19 heavy (non-hydrogen) atoms. The van der Waals surface area contributed by atoms with Crippen molar-refractivity contribution in [3.63, 3.8) is 0 Å². The van der Waals surface area contributed by atoms with Gasteiger partial charge in [-0.25, -0.2) is 0 Å². The van der Waals surface area contributed by atoms with Crippen LogP contribution in [0.3, 0.4) is 0 Å². The highest BCUT2D eigenvalue weighted by Gasteiger charge is 2.32. The van der Waals surface area contributed by atoms with Crippen molar-refractivity contribution < 1.29 is 19.4 Å². The molecule has 7 heteroatoms. The molecular weight excluding hydrogens is 381 g/mol. The normalized spacial score (nSPS) is 17.4. The smallest absolute Gasteiger partial charge is 0.293 e. The number of amides is 2. The van der Waals surface area contributed by atoms with Crippen molar-refractivity contribution in [2.75, 3.05) is 14.2 Å². The zero-order valence-corrected chi connectivity index (χ0v) is 13.1. The molecule has 0 saturated carbocycles. The summed E-state index contributed by atoms with van der Waals surface area (Å²) in [6.45, 7) is 0. The van der Waals surface area contributed by atoms with Crippen LogP contribution in [0.4, 0.5) is 4.79 Å². The van der Waals surface area contributed by atoms with Gasteiger partial charge in [-0.05, 0) is 52.6 Å². The first kappa shape index (κ1) is 14.2. The Morgan fingerprint density at radius 3 is 2.63 bits per heavy atom. The molecule has 2 amide bonds. The lowest BCUT2D eigenvalue weighted by atomic mass is 10.1. The number of aromatic hydroxyl groups is 1. The lowest BCUT2D eigenvalue weighted by Crippen LogP contribution is -2.22. The van der Waals surface area contributed by atoms with E-state index in [4.69, 9.17) is 4.74 Å². The van der Waals surface area contributed by atoms with Crippen LogP contribution in [0.2, 0.25) is 0 Å². The van der Waals surface area contributed by atoms with E-state index in [1.165, 1.54) is 20.2 Å². The Labute approximate surface area is 127 Å². The van der Waals surface area contributed by atoms with Gasteiger partial charge in [-0.2, -0.15) is 0 Å². The Morgan fingerprint density at radius 1 is 1.42 bits per heavy atom. The molecule has 0 radical (unpaired) electrons. The lowest BCUT2D eigenvalue weighted by Gasteiger charge is -2.07. The Hall–Kier alpha value is -1.22. The average molecular weight is 391 g/mol. The number of thioether (sulfide) groups is 1. The van der Waals surface area contributed by atoms with Crippen LogP contribution in [-0.4, -0.2) is 35.3 Å². The van der Waals surface area contributed by atoms with Crippen LogP contribution in [0.15, 0.2) is 17.0 Å². The van der Waals surface area contributed by atoms with E-state index in [-0.39, 0.29) is 21.8 Å². The highest BCUT2D eigenvalue weighted by atomic mass is 127. The van der Waals surface area contributed by atoms with Crippen molar-refractivity contribution in [3.05, 3.63) is 26.2 Å². The summed E-state index contributed by atoms with van der Waals surface area (Å²) in [4.78, 5) is 24.5. The summed E-state index contributed by atoms with van der Waals surface area (Å²) in [5, 5.41) is 9.67. The number of carbonyl (C=O) groups is 2. The Kier molecular flexibility index (Phi) is 4.04. The van der Waals surface area contributed by atoms with Crippen LogP contribution in [0.25, 0.3) is 6.08 Å². The summed E-state index contributed by atoms with van der Waals surface area (Å²) >= 11 is 2.93. The number of imide groups is 1. The fourth-order valence-corrected chi connectivity index (χ4v) is 2.98. The lowest BCUT2D eigenvalue weighted by molar-refractivity contribution is -0.121. The number of hydrogen-bond donors (Lipinski definition) is 1. The number of ether oxygens (including phenoxy) is 1. The van der Waals surface area contributed by atoms with Crippen molar-refractivity contribution >= 4 is 51.6 Å². The van der Waals surface area contributed by atoms with Crippen molar-refractivity contribution in [1.29, 1.82) is 0 Å². The van der Waals surface area contributed by atoms with E-state index in [9.17, 15) is 14.7 Å². The molecule has 0 spiro atoms. The van der Waals surface area contributed by atoms with Crippen LogP contribution in [0, 0.1) is 3.57 Å². The van der Waals surface area contributed by atoms with E-state index >= 15 is 0 Å². The Bertz CT molecular complexity index is 600. The molecule has 0 atom stereocenters. The van der Waals surface area contributed by atoms with Crippen LogP contribution >= 0.6 is 34.4 Å². The van der Waals surface area contributed by atoms with Crippen molar-refractivity contribution in [3.8, 4) is 11.5 Å². The number of rotatable bonds is 2. The van der Waals surface area contributed by atoms with E-state index in [0.717, 1.165) is 20.2 Å². The third-order valence-corrected chi connectivity index (χ3v) is 4.15. The second kappa shape index (κ2) is 5.41. The first-order valence-electron chi connectivity index (χ1n) is 5.22. The fourth-order valence-electron chi connectivity index (χ4n) is 1.55. The Morgan fingerprint density at radius 2 is 2.11 bits per heavy atom. The quantitative estimate of drug-likeness (QED) is 0.621. The monoisotopic (exact) mass is 391 g/mol. The van der Waals surface area contributed by atoms with Crippen LogP contribution in [0.1, 0.15) is 5.56 Å². The number of phenolic OH excluding ortho intramolecular Hbond substituents is 1. The maximum absolute atomic E-state index is 11.8. The maximum Gasteiger partial charge on any atom is 0.293 e. The molecule has 1 N–H and O–H groups in total. The number of likely N-dealkylation sites (N-methyl/N-ethyl adjacent to an activating group) is 1. The van der Waals surface area contributed by atoms with Gasteiger partial charge < -0.3 is 9.84 Å². The third kappa shape index (κ3) is 2.71. The maximum atomic E-state index is 11.8. The molecule has 100 valence electrons. The zero-order chi connectivity index (χ0) is 14.2. The molecule has 1 fully saturated rings. The largest absolute Gasteiger partial charge is 0.504 e. The van der Waals surface area contributed by atoms with Gasteiger partial charge in [0.15, 0.2) is 11.5 Å². The molecule has 1 aromatic rings. The second-order valence-corrected chi connectivity index (χ2v) is 6.03. The summed E-state index contributed by atoms with van der Waals surface area (Å²) in [7, 11) is 2.88. The standard InChI is InChI=1S/C12H10INO4S/c1-14-11(16)9(19-12(14)17)4-6-3-7(13)5-8(18-2)10(6)15/h3-5,15H,1-2H3/b9-4-. The molecular formula is C12H10INO4S. The van der Waals surface area contributed by atoms with Gasteiger partial charge in [-0.1, -0.05) is 0 Å². The van der Waals surface area contributed by atoms with Crippen LogP contribution < -0.4 is 4.74 Å². The van der Waals surface area contributed by atoms with E-state index < -0.39 is 0 Å². The molecule has 2 rings (SSSR count). The number of hydrogen-bond acceptors (Lipinski definition) is 5. The third-order valence-electron chi connectivity index (χ3n) is 2.56. The molecule has 5 nitrogen and oxygen atoms in total. The van der Waals surface area contributed by atoms with Gasteiger partial charge in [-0.3, -0.25) is 14.5 Å². The topological polar surface area (TPSA) is 66.8 Å². The number of nitrogens with zero attached hydrogens (tertiary/aromatic N) is 1.